The lowest BCUT2D eigenvalue weighted by atomic mass is 10.0. The molecular formula is C14H15N3OS. The van der Waals surface area contributed by atoms with Crippen molar-refractivity contribution in [2.75, 3.05) is 11.5 Å². The number of hydrogen-bond acceptors (Lipinski definition) is 5. The summed E-state index contributed by atoms with van der Waals surface area (Å²) in [6.07, 6.45) is 1.57. The maximum absolute atomic E-state index is 6.27. The van der Waals surface area contributed by atoms with E-state index in [1.165, 1.54) is 0 Å². The summed E-state index contributed by atoms with van der Waals surface area (Å²) in [7, 11) is 0. The number of para-hydroxylation sites is 1. The number of hydrogen-bond donors (Lipinski definition) is 2. The Morgan fingerprint density at radius 2 is 2.11 bits per heavy atom. The van der Waals surface area contributed by atoms with Crippen LogP contribution in [0.4, 0.5) is 5.82 Å². The fraction of sp³-hybridized carbons (Fsp3) is 0.214. The van der Waals surface area contributed by atoms with Gasteiger partial charge < -0.3 is 16.2 Å². The molecule has 0 amide bonds. The van der Waals surface area contributed by atoms with Crippen molar-refractivity contribution in [1.82, 2.24) is 4.98 Å². The average Bonchev–Trinajstić information content (AvgIpc) is 2.46. The number of nitrogens with zero attached hydrogens (tertiary/aromatic N) is 1. The van der Waals surface area contributed by atoms with Gasteiger partial charge in [0.1, 0.15) is 17.7 Å². The summed E-state index contributed by atoms with van der Waals surface area (Å²) >= 11 is 1.76. The van der Waals surface area contributed by atoms with Crippen molar-refractivity contribution in [2.45, 2.75) is 17.0 Å². The van der Waals surface area contributed by atoms with Crippen LogP contribution in [0.2, 0.25) is 0 Å². The number of rotatable bonds is 2. The van der Waals surface area contributed by atoms with Crippen LogP contribution in [-0.2, 0) is 0 Å². The summed E-state index contributed by atoms with van der Waals surface area (Å²) in [5.74, 6) is 2.18. The molecule has 1 aliphatic heterocycles. The molecule has 1 aromatic heterocycles. The van der Waals surface area contributed by atoms with E-state index in [4.69, 9.17) is 16.2 Å². The molecule has 4 nitrogen and oxygen atoms in total. The van der Waals surface area contributed by atoms with Gasteiger partial charge in [-0.05, 0) is 18.2 Å². The van der Waals surface area contributed by atoms with Crippen molar-refractivity contribution >= 4 is 17.6 Å². The third-order valence-corrected chi connectivity index (χ3v) is 4.30. The normalized spacial score (nSPS) is 19.3. The van der Waals surface area contributed by atoms with Crippen LogP contribution in [0.3, 0.4) is 0 Å². The first-order valence-electron chi connectivity index (χ1n) is 6.10. The van der Waals surface area contributed by atoms with E-state index in [2.05, 4.69) is 11.1 Å². The second-order valence-electron chi connectivity index (χ2n) is 4.42. The molecule has 1 aromatic carbocycles. The number of nitrogens with two attached hydrogens (primary N) is 2. The van der Waals surface area contributed by atoms with Crippen LogP contribution in [0, 0.1) is 0 Å². The van der Waals surface area contributed by atoms with Gasteiger partial charge in [0.25, 0.3) is 0 Å². The molecule has 4 N–H and O–H groups in total. The Kier molecular flexibility index (Phi) is 3.31. The summed E-state index contributed by atoms with van der Waals surface area (Å²) in [4.78, 5) is 5.23. The highest BCUT2D eigenvalue weighted by Crippen LogP contribution is 2.38. The van der Waals surface area contributed by atoms with E-state index >= 15 is 0 Å². The molecule has 2 atom stereocenters. The Bertz CT molecular complexity index is 590. The molecule has 19 heavy (non-hydrogen) atoms. The SMILES string of the molecule is Nc1ncccc1C(N)C1CSc2ccccc2O1. The van der Waals surface area contributed by atoms with E-state index in [0.717, 1.165) is 22.0 Å². The number of nitrogen functional groups attached to an aromatic ring is 1. The Hall–Kier alpha value is -1.72. The smallest absolute Gasteiger partial charge is 0.133 e. The van der Waals surface area contributed by atoms with Gasteiger partial charge in [-0.25, -0.2) is 4.98 Å². The largest absolute Gasteiger partial charge is 0.486 e. The highest BCUT2D eigenvalue weighted by atomic mass is 32.2. The quantitative estimate of drug-likeness (QED) is 0.877. The molecule has 0 aliphatic carbocycles. The lowest BCUT2D eigenvalue weighted by molar-refractivity contribution is 0.185. The molecule has 0 fully saturated rings. The summed E-state index contributed by atoms with van der Waals surface area (Å²) in [5.41, 5.74) is 13.0. The van der Waals surface area contributed by atoms with Gasteiger partial charge in [-0.15, -0.1) is 11.8 Å². The number of pyridine rings is 1. The Morgan fingerprint density at radius 3 is 2.95 bits per heavy atom. The van der Waals surface area contributed by atoms with E-state index in [0.29, 0.717) is 5.82 Å². The highest BCUT2D eigenvalue weighted by molar-refractivity contribution is 7.99. The van der Waals surface area contributed by atoms with Crippen molar-refractivity contribution in [2.24, 2.45) is 5.73 Å². The predicted octanol–water partition coefficient (Wildman–Crippen LogP) is 2.22. The minimum absolute atomic E-state index is 0.0913. The second-order valence-corrected chi connectivity index (χ2v) is 5.48. The number of aromatic nitrogens is 1. The minimum atomic E-state index is -0.269. The molecule has 0 saturated carbocycles. The second kappa shape index (κ2) is 5.11. The molecule has 0 spiro atoms. The van der Waals surface area contributed by atoms with Crippen molar-refractivity contribution in [3.05, 3.63) is 48.2 Å². The van der Waals surface area contributed by atoms with Crippen LogP contribution in [-0.4, -0.2) is 16.8 Å². The van der Waals surface area contributed by atoms with Crippen molar-refractivity contribution in [3.63, 3.8) is 0 Å². The standard InChI is InChI=1S/C14H15N3OS/c15-13(9-4-3-7-17-14(9)16)11-8-19-12-6-2-1-5-10(12)18-11/h1-7,11,13H,8,15H2,(H2,16,17). The van der Waals surface area contributed by atoms with Gasteiger partial charge >= 0.3 is 0 Å². The number of thioether (sulfide) groups is 1. The average molecular weight is 273 g/mol. The van der Waals surface area contributed by atoms with E-state index < -0.39 is 0 Å². The van der Waals surface area contributed by atoms with Gasteiger partial charge in [0, 0.05) is 22.4 Å². The molecule has 0 bridgehead atoms. The zero-order valence-electron chi connectivity index (χ0n) is 10.3. The number of benzene rings is 1. The Morgan fingerprint density at radius 1 is 1.26 bits per heavy atom. The van der Waals surface area contributed by atoms with Crippen molar-refractivity contribution in [1.29, 1.82) is 0 Å². The third-order valence-electron chi connectivity index (χ3n) is 3.16. The first-order valence-corrected chi connectivity index (χ1v) is 7.08. The first-order chi connectivity index (χ1) is 9.25. The van der Waals surface area contributed by atoms with Crippen LogP contribution < -0.4 is 16.2 Å². The molecule has 0 radical (unpaired) electrons. The van der Waals surface area contributed by atoms with Crippen LogP contribution >= 0.6 is 11.8 Å². The zero-order chi connectivity index (χ0) is 13.2. The lowest BCUT2D eigenvalue weighted by Crippen LogP contribution is -2.36. The van der Waals surface area contributed by atoms with E-state index in [9.17, 15) is 0 Å². The number of anilines is 1. The van der Waals surface area contributed by atoms with E-state index in [1.807, 2.05) is 30.3 Å². The number of fused-ring (bicyclic) bond motifs is 1. The Balaban J connectivity index is 1.83. The highest BCUT2D eigenvalue weighted by Gasteiger charge is 2.28. The van der Waals surface area contributed by atoms with Gasteiger partial charge in [0.2, 0.25) is 0 Å². The first kappa shape index (κ1) is 12.3. The summed E-state index contributed by atoms with van der Waals surface area (Å²) < 4.78 is 5.97. The monoisotopic (exact) mass is 273 g/mol. The topological polar surface area (TPSA) is 74.2 Å². The third kappa shape index (κ3) is 2.39. The summed E-state index contributed by atoms with van der Waals surface area (Å²) in [6.45, 7) is 0. The predicted molar refractivity (Wildman–Crippen MR) is 77.2 cm³/mol. The van der Waals surface area contributed by atoms with Crippen LogP contribution in [0.5, 0.6) is 5.75 Å². The lowest BCUT2D eigenvalue weighted by Gasteiger charge is -2.30. The van der Waals surface area contributed by atoms with Crippen LogP contribution in [0.1, 0.15) is 11.6 Å². The van der Waals surface area contributed by atoms with Crippen molar-refractivity contribution in [3.8, 4) is 5.75 Å². The zero-order valence-corrected chi connectivity index (χ0v) is 11.1. The van der Waals surface area contributed by atoms with Gasteiger partial charge in [0.15, 0.2) is 0 Å². The number of ether oxygens (including phenoxy) is 1. The molecule has 2 heterocycles. The molecule has 0 saturated heterocycles. The molecule has 5 heteroatoms. The van der Waals surface area contributed by atoms with Gasteiger partial charge in [-0.1, -0.05) is 18.2 Å². The maximum Gasteiger partial charge on any atom is 0.133 e. The molecule has 3 rings (SSSR count). The molecule has 1 aliphatic rings. The Labute approximate surface area is 116 Å². The van der Waals surface area contributed by atoms with E-state index in [-0.39, 0.29) is 12.1 Å². The molecule has 2 aromatic rings. The van der Waals surface area contributed by atoms with Crippen LogP contribution in [0.25, 0.3) is 0 Å². The van der Waals surface area contributed by atoms with Gasteiger partial charge in [-0.2, -0.15) is 0 Å². The van der Waals surface area contributed by atoms with Crippen LogP contribution in [0.15, 0.2) is 47.5 Å². The summed E-state index contributed by atoms with van der Waals surface area (Å²) in [5, 5.41) is 0. The van der Waals surface area contributed by atoms with Gasteiger partial charge in [-0.3, -0.25) is 0 Å². The summed E-state index contributed by atoms with van der Waals surface area (Å²) in [6, 6.07) is 11.5. The molecule has 98 valence electrons. The van der Waals surface area contributed by atoms with E-state index in [1.54, 1.807) is 18.0 Å². The van der Waals surface area contributed by atoms with Gasteiger partial charge in [0.05, 0.1) is 6.04 Å². The maximum atomic E-state index is 6.27. The fourth-order valence-corrected chi connectivity index (χ4v) is 3.18. The minimum Gasteiger partial charge on any atom is -0.486 e. The fourth-order valence-electron chi connectivity index (χ4n) is 2.12. The van der Waals surface area contributed by atoms with Crippen molar-refractivity contribution < 1.29 is 4.74 Å². The molecular weight excluding hydrogens is 258 g/mol. The molecule has 2 unspecified atom stereocenters.